The van der Waals surface area contributed by atoms with Gasteiger partial charge in [0.1, 0.15) is 11.9 Å². The van der Waals surface area contributed by atoms with Crippen LogP contribution in [0.15, 0.2) is 60.8 Å². The van der Waals surface area contributed by atoms with Gasteiger partial charge in [-0.1, -0.05) is 30.3 Å². The van der Waals surface area contributed by atoms with Gasteiger partial charge in [-0.2, -0.15) is 0 Å². The Hall–Kier alpha value is -3.36. The van der Waals surface area contributed by atoms with E-state index >= 15 is 0 Å². The number of halogens is 1. The molecular weight excluding hydrogens is 409 g/mol. The second-order valence-electron chi connectivity index (χ2n) is 8.10. The number of hydrogen-bond acceptors (Lipinski definition) is 5. The van der Waals surface area contributed by atoms with Crippen molar-refractivity contribution in [2.24, 2.45) is 11.7 Å². The summed E-state index contributed by atoms with van der Waals surface area (Å²) in [6, 6.07) is 14.1. The normalized spacial score (nSPS) is 18.9. The SMILES string of the molecule is NCC1CNC(C(=O)NC(Cc2ccc(F)cc2)C(=O)Nc2cnc3ccccc3c2)C1. The minimum absolute atomic E-state index is 0.228. The Kier molecular flexibility index (Phi) is 6.72. The summed E-state index contributed by atoms with van der Waals surface area (Å²) >= 11 is 0. The molecule has 1 aromatic heterocycles. The molecule has 5 N–H and O–H groups in total. The fraction of sp³-hybridized carbons (Fsp3) is 0.292. The van der Waals surface area contributed by atoms with Gasteiger partial charge in [0.05, 0.1) is 23.4 Å². The Labute approximate surface area is 185 Å². The van der Waals surface area contributed by atoms with Crippen molar-refractivity contribution in [2.75, 3.05) is 18.4 Å². The molecule has 8 heteroatoms. The van der Waals surface area contributed by atoms with Gasteiger partial charge in [0, 0.05) is 11.8 Å². The molecule has 2 heterocycles. The molecule has 1 fully saturated rings. The van der Waals surface area contributed by atoms with Crippen molar-refractivity contribution in [3.05, 3.63) is 72.2 Å². The van der Waals surface area contributed by atoms with Crippen LogP contribution in [0, 0.1) is 11.7 Å². The van der Waals surface area contributed by atoms with Crippen LogP contribution in [0.25, 0.3) is 10.9 Å². The molecule has 1 aliphatic heterocycles. The van der Waals surface area contributed by atoms with Crippen LogP contribution in [-0.4, -0.2) is 42.0 Å². The lowest BCUT2D eigenvalue weighted by Crippen LogP contribution is -2.50. The summed E-state index contributed by atoms with van der Waals surface area (Å²) in [4.78, 5) is 30.3. The second-order valence-corrected chi connectivity index (χ2v) is 8.10. The largest absolute Gasteiger partial charge is 0.343 e. The van der Waals surface area contributed by atoms with Gasteiger partial charge in [0.15, 0.2) is 0 Å². The van der Waals surface area contributed by atoms with Crippen molar-refractivity contribution in [2.45, 2.75) is 24.9 Å². The van der Waals surface area contributed by atoms with Crippen molar-refractivity contribution in [3.63, 3.8) is 0 Å². The number of nitrogens with two attached hydrogens (primary N) is 1. The first-order valence-corrected chi connectivity index (χ1v) is 10.7. The van der Waals surface area contributed by atoms with Gasteiger partial charge in [0.25, 0.3) is 0 Å². The van der Waals surface area contributed by atoms with Gasteiger partial charge in [-0.25, -0.2) is 4.39 Å². The van der Waals surface area contributed by atoms with Gasteiger partial charge in [-0.15, -0.1) is 0 Å². The third kappa shape index (κ3) is 5.27. The molecule has 32 heavy (non-hydrogen) atoms. The van der Waals surface area contributed by atoms with E-state index in [-0.39, 0.29) is 30.0 Å². The highest BCUT2D eigenvalue weighted by molar-refractivity contribution is 5.99. The van der Waals surface area contributed by atoms with E-state index in [9.17, 15) is 14.0 Å². The third-order valence-corrected chi connectivity index (χ3v) is 5.72. The molecule has 0 spiro atoms. The summed E-state index contributed by atoms with van der Waals surface area (Å²) in [5.74, 6) is -0.740. The lowest BCUT2D eigenvalue weighted by molar-refractivity contribution is -0.127. The van der Waals surface area contributed by atoms with E-state index in [0.717, 1.165) is 16.5 Å². The number of hydrogen-bond donors (Lipinski definition) is 4. The number of amides is 2. The van der Waals surface area contributed by atoms with Crippen LogP contribution in [0.1, 0.15) is 12.0 Å². The van der Waals surface area contributed by atoms with E-state index in [1.54, 1.807) is 18.3 Å². The zero-order valence-electron chi connectivity index (χ0n) is 17.6. The van der Waals surface area contributed by atoms with E-state index in [1.807, 2.05) is 30.3 Å². The Balaban J connectivity index is 1.50. The van der Waals surface area contributed by atoms with Gasteiger partial charge in [0.2, 0.25) is 11.8 Å². The maximum Gasteiger partial charge on any atom is 0.247 e. The van der Waals surface area contributed by atoms with Gasteiger partial charge in [-0.3, -0.25) is 14.6 Å². The van der Waals surface area contributed by atoms with E-state index in [2.05, 4.69) is 20.9 Å². The number of carbonyl (C=O) groups is 2. The molecule has 2 amide bonds. The van der Waals surface area contributed by atoms with Crippen molar-refractivity contribution in [1.29, 1.82) is 0 Å². The van der Waals surface area contributed by atoms with E-state index < -0.39 is 12.1 Å². The van der Waals surface area contributed by atoms with Crippen LogP contribution < -0.4 is 21.7 Å². The Morgan fingerprint density at radius 3 is 2.72 bits per heavy atom. The average molecular weight is 436 g/mol. The maximum atomic E-state index is 13.3. The highest BCUT2D eigenvalue weighted by atomic mass is 19.1. The highest BCUT2D eigenvalue weighted by Gasteiger charge is 2.31. The van der Waals surface area contributed by atoms with Crippen molar-refractivity contribution in [1.82, 2.24) is 15.6 Å². The molecule has 3 aromatic rings. The molecule has 166 valence electrons. The molecule has 3 unspecified atom stereocenters. The lowest BCUT2D eigenvalue weighted by Gasteiger charge is -2.21. The molecule has 0 bridgehead atoms. The van der Waals surface area contributed by atoms with E-state index in [4.69, 9.17) is 5.73 Å². The van der Waals surface area contributed by atoms with Gasteiger partial charge in [-0.05, 0) is 55.3 Å². The average Bonchev–Trinajstić information content (AvgIpc) is 3.29. The van der Waals surface area contributed by atoms with Gasteiger partial charge >= 0.3 is 0 Å². The van der Waals surface area contributed by atoms with Crippen LogP contribution in [0.2, 0.25) is 0 Å². The minimum atomic E-state index is -0.835. The molecule has 1 aliphatic rings. The molecule has 0 radical (unpaired) electrons. The number of nitrogens with one attached hydrogen (secondary N) is 3. The number of pyridine rings is 1. The molecule has 0 aliphatic carbocycles. The highest BCUT2D eigenvalue weighted by Crippen LogP contribution is 2.17. The number of para-hydroxylation sites is 1. The quantitative estimate of drug-likeness (QED) is 0.454. The summed E-state index contributed by atoms with van der Waals surface area (Å²) in [5, 5.41) is 9.76. The number of rotatable bonds is 7. The number of anilines is 1. The fourth-order valence-electron chi connectivity index (χ4n) is 3.89. The predicted octanol–water partition coefficient (Wildman–Crippen LogP) is 1.98. The van der Waals surface area contributed by atoms with Crippen LogP contribution in [0.3, 0.4) is 0 Å². The minimum Gasteiger partial charge on any atom is -0.343 e. The number of nitrogens with zero attached hydrogens (tertiary/aromatic N) is 1. The summed E-state index contributed by atoms with van der Waals surface area (Å²) in [6.45, 7) is 1.18. The topological polar surface area (TPSA) is 109 Å². The number of aromatic nitrogens is 1. The summed E-state index contributed by atoms with van der Waals surface area (Å²) in [7, 11) is 0. The van der Waals surface area contributed by atoms with Crippen molar-refractivity contribution >= 4 is 28.4 Å². The van der Waals surface area contributed by atoms with Crippen LogP contribution in [-0.2, 0) is 16.0 Å². The van der Waals surface area contributed by atoms with Gasteiger partial charge < -0.3 is 21.7 Å². The standard InChI is InChI=1S/C24H26FN5O2/c25-18-7-5-15(6-8-18)9-22(30-23(31)21-10-16(12-26)13-27-21)24(32)29-19-11-17-3-1-2-4-20(17)28-14-19/h1-8,11,14,16,21-22,27H,9-10,12-13,26H2,(H,29,32)(H,30,31). The lowest BCUT2D eigenvalue weighted by atomic mass is 10.0. The summed E-state index contributed by atoms with van der Waals surface area (Å²) in [6.07, 6.45) is 2.44. The van der Waals surface area contributed by atoms with Crippen molar-refractivity contribution in [3.8, 4) is 0 Å². The zero-order valence-corrected chi connectivity index (χ0v) is 17.6. The molecule has 1 saturated heterocycles. The maximum absolute atomic E-state index is 13.3. The molecule has 2 aromatic carbocycles. The van der Waals surface area contributed by atoms with Crippen LogP contribution >= 0.6 is 0 Å². The second kappa shape index (κ2) is 9.84. The molecule has 7 nitrogen and oxygen atoms in total. The number of benzene rings is 2. The van der Waals surface area contributed by atoms with Crippen LogP contribution in [0.5, 0.6) is 0 Å². The zero-order chi connectivity index (χ0) is 22.5. The van der Waals surface area contributed by atoms with Crippen LogP contribution in [0.4, 0.5) is 10.1 Å². The van der Waals surface area contributed by atoms with Crippen molar-refractivity contribution < 1.29 is 14.0 Å². The molecule has 3 atom stereocenters. The monoisotopic (exact) mass is 435 g/mol. The fourth-order valence-corrected chi connectivity index (χ4v) is 3.89. The molecule has 0 saturated carbocycles. The first kappa shape index (κ1) is 21.9. The molecular formula is C24H26FN5O2. The Bertz CT molecular complexity index is 1100. The van der Waals surface area contributed by atoms with E-state index in [0.29, 0.717) is 25.2 Å². The predicted molar refractivity (Wildman–Crippen MR) is 121 cm³/mol. The first-order chi connectivity index (χ1) is 15.5. The summed E-state index contributed by atoms with van der Waals surface area (Å²) in [5.41, 5.74) is 7.81. The smallest absolute Gasteiger partial charge is 0.247 e. The summed E-state index contributed by atoms with van der Waals surface area (Å²) < 4.78 is 13.3. The first-order valence-electron chi connectivity index (χ1n) is 10.7. The third-order valence-electron chi connectivity index (χ3n) is 5.72. The van der Waals surface area contributed by atoms with E-state index in [1.165, 1.54) is 12.1 Å². The Morgan fingerprint density at radius 2 is 1.97 bits per heavy atom. The number of fused-ring (bicyclic) bond motifs is 1. The molecule has 4 rings (SSSR count). The Morgan fingerprint density at radius 1 is 1.19 bits per heavy atom. The number of carbonyl (C=O) groups excluding carboxylic acids is 2.